The van der Waals surface area contributed by atoms with E-state index in [1.807, 2.05) is 6.07 Å². The van der Waals surface area contributed by atoms with Crippen molar-refractivity contribution < 1.29 is 19.1 Å². The van der Waals surface area contributed by atoms with Crippen LogP contribution in [0.2, 0.25) is 5.02 Å². The highest BCUT2D eigenvalue weighted by atomic mass is 35.5. The number of aromatic nitrogens is 1. The molecule has 1 aromatic heterocycles. The highest BCUT2D eigenvalue weighted by Crippen LogP contribution is 2.25. The number of H-pyrrole nitrogens is 1. The van der Waals surface area contributed by atoms with Crippen LogP contribution in [0.5, 0.6) is 0 Å². The van der Waals surface area contributed by atoms with Gasteiger partial charge in [-0.2, -0.15) is 0 Å². The Morgan fingerprint density at radius 2 is 1.63 bits per heavy atom. The van der Waals surface area contributed by atoms with Crippen molar-refractivity contribution in [3.05, 3.63) is 64.8 Å². The van der Waals surface area contributed by atoms with Crippen molar-refractivity contribution in [2.45, 2.75) is 37.8 Å². The van der Waals surface area contributed by atoms with Crippen LogP contribution in [-0.2, 0) is 9.53 Å². The summed E-state index contributed by atoms with van der Waals surface area (Å²) in [6.45, 7) is 1.07. The van der Waals surface area contributed by atoms with E-state index in [1.54, 1.807) is 47.5 Å². The number of morpholine rings is 1. The molecule has 5 rings (SSSR count). The lowest BCUT2D eigenvalue weighted by atomic mass is 9.89. The van der Waals surface area contributed by atoms with Crippen LogP contribution in [0.15, 0.2) is 48.7 Å². The van der Waals surface area contributed by atoms with E-state index in [4.69, 9.17) is 16.3 Å². The summed E-state index contributed by atoms with van der Waals surface area (Å²) in [6, 6.07) is 12.1. The average molecular weight is 495 g/mol. The number of fused-ring (bicyclic) bond motifs is 1. The molecule has 0 radical (unpaired) electrons. The largest absolute Gasteiger partial charge is 0.370 e. The Bertz CT molecular complexity index is 1260. The Hall–Kier alpha value is -3.36. The number of hydrogen-bond donors (Lipinski definition) is 3. The van der Waals surface area contributed by atoms with Crippen LogP contribution in [0.1, 0.15) is 46.4 Å². The predicted octanol–water partition coefficient (Wildman–Crippen LogP) is 3.66. The van der Waals surface area contributed by atoms with Crippen molar-refractivity contribution in [3.8, 4) is 0 Å². The maximum Gasteiger partial charge on any atom is 0.253 e. The molecule has 2 aromatic carbocycles. The number of amides is 3. The summed E-state index contributed by atoms with van der Waals surface area (Å²) < 4.78 is 5.17. The molecule has 0 unspecified atom stereocenters. The maximum absolute atomic E-state index is 13.0. The van der Waals surface area contributed by atoms with Gasteiger partial charge in [-0.25, -0.2) is 0 Å². The molecule has 35 heavy (non-hydrogen) atoms. The normalized spacial score (nSPS) is 20.6. The Morgan fingerprint density at radius 1 is 0.971 bits per heavy atom. The molecule has 3 N–H and O–H groups in total. The molecule has 3 aromatic rings. The Balaban J connectivity index is 1.24. The minimum atomic E-state index is -0.196. The van der Waals surface area contributed by atoms with Gasteiger partial charge in [0.05, 0.1) is 11.6 Å². The number of hydrogen-bond acceptors (Lipinski definition) is 4. The lowest BCUT2D eigenvalue weighted by Crippen LogP contribution is -2.53. The average Bonchev–Trinajstić information content (AvgIpc) is 3.25. The smallest absolute Gasteiger partial charge is 0.253 e. The number of benzene rings is 2. The quantitative estimate of drug-likeness (QED) is 0.503. The molecule has 2 atom stereocenters. The van der Waals surface area contributed by atoms with Crippen LogP contribution < -0.4 is 15.5 Å². The Morgan fingerprint density at radius 3 is 2.31 bits per heavy atom. The second-order valence-corrected chi connectivity index (χ2v) is 9.39. The summed E-state index contributed by atoms with van der Waals surface area (Å²) in [5.74, 6) is -0.463. The first-order valence-corrected chi connectivity index (χ1v) is 12.2. The van der Waals surface area contributed by atoms with Gasteiger partial charge >= 0.3 is 0 Å². The number of nitrogens with one attached hydrogen (secondary N) is 3. The van der Waals surface area contributed by atoms with Crippen LogP contribution in [0.25, 0.3) is 10.9 Å². The van der Waals surface area contributed by atoms with Crippen molar-refractivity contribution in [1.82, 2.24) is 15.6 Å². The van der Waals surface area contributed by atoms with Gasteiger partial charge in [-0.1, -0.05) is 30.5 Å². The summed E-state index contributed by atoms with van der Waals surface area (Å²) in [4.78, 5) is 42.7. The highest BCUT2D eigenvalue weighted by molar-refractivity contribution is 6.35. The molecule has 9 heteroatoms. The number of anilines is 1. The maximum atomic E-state index is 13.0. The van der Waals surface area contributed by atoms with Gasteiger partial charge in [-0.05, 0) is 49.2 Å². The molecule has 182 valence electrons. The summed E-state index contributed by atoms with van der Waals surface area (Å²) >= 11 is 6.14. The van der Waals surface area contributed by atoms with Gasteiger partial charge in [-0.15, -0.1) is 0 Å². The van der Waals surface area contributed by atoms with E-state index in [9.17, 15) is 14.4 Å². The van der Waals surface area contributed by atoms with E-state index in [1.165, 1.54) is 0 Å². The van der Waals surface area contributed by atoms with E-state index < -0.39 is 0 Å². The van der Waals surface area contributed by atoms with Gasteiger partial charge in [0, 0.05) is 52.5 Å². The summed E-state index contributed by atoms with van der Waals surface area (Å²) in [6.07, 6.45) is 5.27. The van der Waals surface area contributed by atoms with E-state index in [0.717, 1.165) is 42.3 Å². The molecule has 0 spiro atoms. The molecular weight excluding hydrogens is 468 g/mol. The molecule has 2 aliphatic rings. The topological polar surface area (TPSA) is 104 Å². The number of halogens is 1. The van der Waals surface area contributed by atoms with Crippen molar-refractivity contribution >= 4 is 45.9 Å². The van der Waals surface area contributed by atoms with Gasteiger partial charge in [0.2, 0.25) is 0 Å². The number of nitrogens with zero attached hydrogens (tertiary/aromatic N) is 1. The van der Waals surface area contributed by atoms with Gasteiger partial charge in [0.1, 0.15) is 6.61 Å². The highest BCUT2D eigenvalue weighted by Gasteiger charge is 2.29. The molecule has 2 fully saturated rings. The number of ether oxygens (including phenoxy) is 1. The van der Waals surface area contributed by atoms with Crippen LogP contribution in [-0.4, -0.2) is 54.5 Å². The van der Waals surface area contributed by atoms with Crippen LogP contribution >= 0.6 is 11.6 Å². The zero-order chi connectivity index (χ0) is 24.4. The third kappa shape index (κ3) is 5.04. The van der Waals surface area contributed by atoms with E-state index in [0.29, 0.717) is 29.3 Å². The number of rotatable bonds is 5. The minimum Gasteiger partial charge on any atom is -0.370 e. The molecule has 2 heterocycles. The van der Waals surface area contributed by atoms with Crippen molar-refractivity contribution in [1.29, 1.82) is 0 Å². The minimum absolute atomic E-state index is 0.0730. The Labute approximate surface area is 208 Å². The lowest BCUT2D eigenvalue weighted by molar-refractivity contribution is -0.125. The number of carbonyl (C=O) groups excluding carboxylic acids is 3. The predicted molar refractivity (Wildman–Crippen MR) is 134 cm³/mol. The SMILES string of the molecule is O=C(N[C@H]1CCCC[C@H]1NC(=O)c1ccc2c(Cl)c[nH]c2c1)c1ccc(N2CCOCC2=O)cc1. The molecule has 3 amide bonds. The third-order valence-electron chi connectivity index (χ3n) is 6.72. The Kier molecular flexibility index (Phi) is 6.74. The summed E-state index contributed by atoms with van der Waals surface area (Å²) in [5.41, 5.74) is 2.61. The molecule has 1 aliphatic carbocycles. The van der Waals surface area contributed by atoms with Crippen LogP contribution in [0.4, 0.5) is 5.69 Å². The standard InChI is InChI=1S/C26H27ClN4O4/c27-20-14-28-23-13-17(7-10-19(20)23)26(34)30-22-4-2-1-3-21(22)29-25(33)16-5-8-18(9-6-16)31-11-12-35-15-24(31)32/h5-10,13-14,21-22,28H,1-4,11-12,15H2,(H,29,33)(H,30,34)/t21-,22+/m0/s1. The summed E-state index contributed by atoms with van der Waals surface area (Å²) in [7, 11) is 0. The fourth-order valence-electron chi connectivity index (χ4n) is 4.80. The third-order valence-corrected chi connectivity index (χ3v) is 7.03. The van der Waals surface area contributed by atoms with Crippen molar-refractivity contribution in [2.24, 2.45) is 0 Å². The second kappa shape index (κ2) is 10.1. The van der Waals surface area contributed by atoms with E-state index >= 15 is 0 Å². The first kappa shape index (κ1) is 23.4. The monoisotopic (exact) mass is 494 g/mol. The fourth-order valence-corrected chi connectivity index (χ4v) is 5.01. The summed E-state index contributed by atoms with van der Waals surface area (Å²) in [5, 5.41) is 7.71. The van der Waals surface area contributed by atoms with E-state index in [-0.39, 0.29) is 36.4 Å². The van der Waals surface area contributed by atoms with Crippen molar-refractivity contribution in [3.63, 3.8) is 0 Å². The van der Waals surface area contributed by atoms with Crippen molar-refractivity contribution in [2.75, 3.05) is 24.7 Å². The van der Waals surface area contributed by atoms with Gasteiger partial charge in [-0.3, -0.25) is 14.4 Å². The van der Waals surface area contributed by atoms with Gasteiger partial charge < -0.3 is 25.3 Å². The zero-order valence-electron chi connectivity index (χ0n) is 19.2. The van der Waals surface area contributed by atoms with E-state index in [2.05, 4.69) is 15.6 Å². The first-order chi connectivity index (χ1) is 17.0. The van der Waals surface area contributed by atoms with Crippen LogP contribution in [0.3, 0.4) is 0 Å². The second-order valence-electron chi connectivity index (χ2n) is 8.99. The van der Waals surface area contributed by atoms with Gasteiger partial charge in [0.25, 0.3) is 17.7 Å². The molecule has 1 saturated heterocycles. The molecular formula is C26H27ClN4O4. The zero-order valence-corrected chi connectivity index (χ0v) is 19.9. The number of carbonyl (C=O) groups is 3. The molecule has 0 bridgehead atoms. The molecule has 1 aliphatic heterocycles. The lowest BCUT2D eigenvalue weighted by Gasteiger charge is -2.33. The molecule has 1 saturated carbocycles. The fraction of sp³-hybridized carbons (Fsp3) is 0.346. The van der Waals surface area contributed by atoms with Crippen LogP contribution in [0, 0.1) is 0 Å². The number of aromatic amines is 1. The molecule has 8 nitrogen and oxygen atoms in total. The first-order valence-electron chi connectivity index (χ1n) is 11.9. The van der Waals surface area contributed by atoms with Gasteiger partial charge in [0.15, 0.2) is 0 Å².